The highest BCUT2D eigenvalue weighted by atomic mass is 32.2. The number of imide groups is 2. The first-order valence-electron chi connectivity index (χ1n) is 21.3. The summed E-state index contributed by atoms with van der Waals surface area (Å²) in [4.78, 5) is 64.8. The van der Waals surface area contributed by atoms with E-state index < -0.39 is 0 Å². The predicted octanol–water partition coefficient (Wildman–Crippen LogP) is 13.6. The van der Waals surface area contributed by atoms with Crippen molar-refractivity contribution in [1.29, 1.82) is 0 Å². The van der Waals surface area contributed by atoms with Crippen LogP contribution in [-0.2, 0) is 0 Å². The van der Waals surface area contributed by atoms with Gasteiger partial charge >= 0.3 is 0 Å². The molecule has 8 aromatic carbocycles. The average molecular weight is 873 g/mol. The number of hydrogen-bond acceptors (Lipinski definition) is 8. The van der Waals surface area contributed by atoms with Crippen LogP contribution >= 0.6 is 23.5 Å². The molecule has 312 valence electrons. The highest BCUT2D eigenvalue weighted by molar-refractivity contribution is 8.00. The van der Waals surface area contributed by atoms with Crippen molar-refractivity contribution in [3.63, 3.8) is 0 Å². The molecule has 0 radical (unpaired) electrons. The fraction of sp³-hybridized carbons (Fsp3) is 0.111. The zero-order chi connectivity index (χ0) is 44.0. The molecule has 0 aromatic heterocycles. The van der Waals surface area contributed by atoms with Gasteiger partial charge < -0.3 is 9.80 Å². The number of carbonyl (C=O) groups excluding carboxylic acids is 4. The summed E-state index contributed by atoms with van der Waals surface area (Å²) in [6, 6.07) is 52.2. The highest BCUT2D eigenvalue weighted by Gasteiger charge is 2.38. The minimum absolute atomic E-state index is 0.198. The lowest BCUT2D eigenvalue weighted by atomic mass is 9.92. The van der Waals surface area contributed by atoms with E-state index in [1.807, 2.05) is 137 Å². The van der Waals surface area contributed by atoms with Gasteiger partial charge in [-0.15, -0.1) is 0 Å². The molecule has 0 fully saturated rings. The number of fused-ring (bicyclic) bond motifs is 4. The van der Waals surface area contributed by atoms with Crippen molar-refractivity contribution >= 4 is 103 Å². The van der Waals surface area contributed by atoms with E-state index in [0.717, 1.165) is 55.7 Å². The van der Waals surface area contributed by atoms with Crippen LogP contribution in [-0.4, -0.2) is 45.5 Å². The van der Waals surface area contributed by atoms with Crippen LogP contribution in [0, 0.1) is 0 Å². The first kappa shape index (κ1) is 39.7. The fourth-order valence-corrected chi connectivity index (χ4v) is 11.6. The SMILES string of the molecule is CC(C)N1C(=O)c2cccc3c(N4c5ccccc5Sc5ccccc54)ccc(c23)C1=O.CC(C)N1C(=O)c2cccc3c(N4c5ccccc5Sc5ccccc54)ccc(c23)C1=O. The summed E-state index contributed by atoms with van der Waals surface area (Å²) >= 11 is 3.51. The van der Waals surface area contributed by atoms with E-state index >= 15 is 0 Å². The predicted molar refractivity (Wildman–Crippen MR) is 257 cm³/mol. The van der Waals surface area contributed by atoms with Gasteiger partial charge in [-0.1, -0.05) is 96.3 Å². The normalized spacial score (nSPS) is 14.7. The van der Waals surface area contributed by atoms with E-state index in [1.165, 1.54) is 29.4 Å². The Morgan fingerprint density at radius 2 is 0.625 bits per heavy atom. The highest BCUT2D eigenvalue weighted by Crippen LogP contribution is 2.54. The van der Waals surface area contributed by atoms with Gasteiger partial charge in [-0.05, 0) is 113 Å². The summed E-state index contributed by atoms with van der Waals surface area (Å²) in [5, 5.41) is 3.29. The molecule has 4 aliphatic rings. The molecule has 0 saturated carbocycles. The van der Waals surface area contributed by atoms with Crippen LogP contribution < -0.4 is 9.80 Å². The Hall–Kier alpha value is -7.14. The number of para-hydroxylation sites is 4. The molecule has 0 unspecified atom stereocenters. The maximum absolute atomic E-state index is 13.2. The average Bonchev–Trinajstić information content (AvgIpc) is 3.31. The molecule has 4 amide bonds. The van der Waals surface area contributed by atoms with Crippen molar-refractivity contribution < 1.29 is 19.2 Å². The summed E-state index contributed by atoms with van der Waals surface area (Å²) in [5.41, 5.74) is 8.63. The molecule has 8 aromatic rings. The molecular formula is C54H40N4O4S2. The van der Waals surface area contributed by atoms with Crippen LogP contribution in [0.25, 0.3) is 21.5 Å². The summed E-state index contributed by atoms with van der Waals surface area (Å²) in [5.74, 6) is -0.906. The number of anilines is 6. The van der Waals surface area contributed by atoms with Crippen LogP contribution in [0.1, 0.15) is 69.1 Å². The van der Waals surface area contributed by atoms with Gasteiger partial charge in [0.05, 0.1) is 34.1 Å². The molecule has 10 heteroatoms. The topological polar surface area (TPSA) is 81.2 Å². The first-order valence-corrected chi connectivity index (χ1v) is 22.9. The van der Waals surface area contributed by atoms with Crippen molar-refractivity contribution in [2.24, 2.45) is 0 Å². The van der Waals surface area contributed by atoms with E-state index in [0.29, 0.717) is 22.3 Å². The number of benzene rings is 8. The van der Waals surface area contributed by atoms with Crippen molar-refractivity contribution in [2.45, 2.75) is 59.4 Å². The summed E-state index contributed by atoms with van der Waals surface area (Å²) in [7, 11) is 0. The van der Waals surface area contributed by atoms with Crippen LogP contribution in [0.4, 0.5) is 34.1 Å². The Balaban J connectivity index is 0.000000143. The summed E-state index contributed by atoms with van der Waals surface area (Å²) in [6.07, 6.45) is 0. The first-order chi connectivity index (χ1) is 31.1. The minimum atomic E-state index is -0.227. The van der Waals surface area contributed by atoms with Gasteiger partial charge in [0.2, 0.25) is 0 Å². The molecule has 4 heterocycles. The largest absolute Gasteiger partial charge is 0.308 e. The van der Waals surface area contributed by atoms with Gasteiger partial charge in [0.15, 0.2) is 0 Å². The fourth-order valence-electron chi connectivity index (χ4n) is 9.46. The molecule has 0 N–H and O–H groups in total. The number of hydrogen-bond donors (Lipinski definition) is 0. The Bertz CT molecular complexity index is 2970. The van der Waals surface area contributed by atoms with Crippen molar-refractivity contribution in [3.8, 4) is 0 Å². The number of rotatable bonds is 4. The number of carbonyl (C=O) groups is 4. The molecule has 4 aliphatic heterocycles. The molecular weight excluding hydrogens is 833 g/mol. The van der Waals surface area contributed by atoms with Crippen LogP contribution in [0.2, 0.25) is 0 Å². The van der Waals surface area contributed by atoms with E-state index in [9.17, 15) is 19.2 Å². The third-order valence-corrected chi connectivity index (χ3v) is 14.5. The van der Waals surface area contributed by atoms with Gasteiger partial charge in [0.1, 0.15) is 0 Å². The molecule has 0 aliphatic carbocycles. The standard InChI is InChI=1S/2C27H20N2O2S/c2*1-16(2)28-26(30)18-9-7-8-17-20(15-14-19(25(17)18)27(28)31)29-21-10-3-5-12-23(21)32-24-13-6-4-11-22(24)29/h2*3-16H,1-2H3. The number of nitrogens with zero attached hydrogens (tertiary/aromatic N) is 4. The van der Waals surface area contributed by atoms with E-state index in [2.05, 4.69) is 58.3 Å². The maximum atomic E-state index is 13.2. The maximum Gasteiger partial charge on any atom is 0.261 e. The van der Waals surface area contributed by atoms with E-state index in [-0.39, 0.29) is 35.7 Å². The second-order valence-corrected chi connectivity index (χ2v) is 18.8. The Morgan fingerprint density at radius 3 is 0.938 bits per heavy atom. The summed E-state index contributed by atoms with van der Waals surface area (Å²) < 4.78 is 0. The lowest BCUT2D eigenvalue weighted by molar-refractivity contribution is 0.0547. The molecule has 0 saturated heterocycles. The molecule has 8 nitrogen and oxygen atoms in total. The zero-order valence-electron chi connectivity index (χ0n) is 35.4. The zero-order valence-corrected chi connectivity index (χ0v) is 37.0. The lowest BCUT2D eigenvalue weighted by Gasteiger charge is -2.35. The molecule has 64 heavy (non-hydrogen) atoms. The third kappa shape index (κ3) is 6.00. The van der Waals surface area contributed by atoms with Gasteiger partial charge in [0.25, 0.3) is 23.6 Å². The smallest absolute Gasteiger partial charge is 0.261 e. The van der Waals surface area contributed by atoms with Crippen LogP contribution in [0.3, 0.4) is 0 Å². The molecule has 0 spiro atoms. The summed E-state index contributed by atoms with van der Waals surface area (Å²) in [6.45, 7) is 7.48. The minimum Gasteiger partial charge on any atom is -0.308 e. The van der Waals surface area contributed by atoms with Crippen molar-refractivity contribution in [2.75, 3.05) is 9.80 Å². The Kier molecular flexibility index (Phi) is 9.48. The molecule has 0 bridgehead atoms. The van der Waals surface area contributed by atoms with Crippen molar-refractivity contribution in [3.05, 3.63) is 180 Å². The number of amides is 4. The van der Waals surface area contributed by atoms with Crippen molar-refractivity contribution in [1.82, 2.24) is 9.80 Å². The molecule has 0 atom stereocenters. The van der Waals surface area contributed by atoms with Gasteiger partial charge in [-0.2, -0.15) is 0 Å². The lowest BCUT2D eigenvalue weighted by Crippen LogP contribution is -2.44. The third-order valence-electron chi connectivity index (χ3n) is 12.2. The second-order valence-electron chi connectivity index (χ2n) is 16.6. The van der Waals surface area contributed by atoms with Gasteiger partial charge in [-0.25, -0.2) is 0 Å². The monoisotopic (exact) mass is 872 g/mol. The quantitative estimate of drug-likeness (QED) is 0.162. The van der Waals surface area contributed by atoms with Crippen LogP contribution in [0.15, 0.2) is 177 Å². The van der Waals surface area contributed by atoms with E-state index in [4.69, 9.17) is 0 Å². The Morgan fingerprint density at radius 1 is 0.328 bits per heavy atom. The molecule has 12 rings (SSSR count). The van der Waals surface area contributed by atoms with Gasteiger partial charge in [0, 0.05) is 75.5 Å². The second kappa shape index (κ2) is 15.3. The van der Waals surface area contributed by atoms with Gasteiger partial charge in [-0.3, -0.25) is 29.0 Å². The Labute approximate surface area is 379 Å². The van der Waals surface area contributed by atoms with Crippen LogP contribution in [0.5, 0.6) is 0 Å². The van der Waals surface area contributed by atoms with E-state index in [1.54, 1.807) is 23.5 Å².